The Hall–Kier alpha value is -1.37. The number of H-pyrrole nitrogens is 1. The highest BCUT2D eigenvalue weighted by atomic mass is 79.9. The molecule has 0 atom stereocenters. The molecular formula is C11H9BrClN3O2. The van der Waals surface area contributed by atoms with Crippen molar-refractivity contribution in [1.82, 2.24) is 9.97 Å². The lowest BCUT2D eigenvalue weighted by Gasteiger charge is -2.10. The number of benzene rings is 1. The Labute approximate surface area is 116 Å². The highest BCUT2D eigenvalue weighted by Gasteiger charge is 2.10. The maximum Gasteiger partial charge on any atom is 0.273 e. The number of nitrogens with one attached hydrogen (secondary N) is 1. The van der Waals surface area contributed by atoms with Gasteiger partial charge < -0.3 is 15.5 Å². The van der Waals surface area contributed by atoms with E-state index in [0.717, 1.165) is 10.0 Å². The van der Waals surface area contributed by atoms with Gasteiger partial charge in [-0.3, -0.25) is 4.79 Å². The van der Waals surface area contributed by atoms with Crippen molar-refractivity contribution in [3.05, 3.63) is 49.9 Å². The van der Waals surface area contributed by atoms with E-state index >= 15 is 0 Å². The second-order valence-electron chi connectivity index (χ2n) is 3.41. The van der Waals surface area contributed by atoms with Gasteiger partial charge in [0.25, 0.3) is 5.56 Å². The Morgan fingerprint density at radius 3 is 3.00 bits per heavy atom. The van der Waals surface area contributed by atoms with Crippen molar-refractivity contribution in [3.8, 4) is 11.6 Å². The minimum atomic E-state index is -0.451. The average Bonchev–Trinajstić information content (AvgIpc) is 2.37. The quantitative estimate of drug-likeness (QED) is 0.905. The van der Waals surface area contributed by atoms with Crippen LogP contribution in [0.4, 0.5) is 0 Å². The Morgan fingerprint density at radius 2 is 2.28 bits per heavy atom. The van der Waals surface area contributed by atoms with Gasteiger partial charge in [0.2, 0.25) is 5.88 Å². The molecule has 0 amide bonds. The van der Waals surface area contributed by atoms with Gasteiger partial charge in [0.15, 0.2) is 5.02 Å². The second-order valence-corrected chi connectivity index (χ2v) is 4.70. The monoisotopic (exact) mass is 329 g/mol. The van der Waals surface area contributed by atoms with Crippen LogP contribution in [0.25, 0.3) is 0 Å². The maximum absolute atomic E-state index is 11.3. The van der Waals surface area contributed by atoms with Crippen molar-refractivity contribution in [3.63, 3.8) is 0 Å². The fourth-order valence-corrected chi connectivity index (χ4v) is 1.90. The first-order chi connectivity index (χ1) is 8.61. The molecule has 0 saturated carbocycles. The van der Waals surface area contributed by atoms with Crippen LogP contribution in [0.5, 0.6) is 11.6 Å². The van der Waals surface area contributed by atoms with Crippen LogP contribution in [0.3, 0.4) is 0 Å². The van der Waals surface area contributed by atoms with Gasteiger partial charge in [-0.05, 0) is 18.2 Å². The highest BCUT2D eigenvalue weighted by molar-refractivity contribution is 9.10. The zero-order valence-corrected chi connectivity index (χ0v) is 11.5. The molecule has 0 unspecified atom stereocenters. The molecule has 5 nitrogen and oxygen atoms in total. The number of aromatic amines is 1. The van der Waals surface area contributed by atoms with Gasteiger partial charge >= 0.3 is 0 Å². The molecule has 0 spiro atoms. The van der Waals surface area contributed by atoms with Gasteiger partial charge in [-0.15, -0.1) is 0 Å². The van der Waals surface area contributed by atoms with Crippen LogP contribution in [-0.2, 0) is 6.54 Å². The molecule has 1 heterocycles. The summed E-state index contributed by atoms with van der Waals surface area (Å²) < 4.78 is 6.39. The summed E-state index contributed by atoms with van der Waals surface area (Å²) in [5.74, 6) is 0.568. The summed E-state index contributed by atoms with van der Waals surface area (Å²) in [5.41, 5.74) is 5.95. The molecule has 0 aliphatic heterocycles. The standard InChI is InChI=1S/C11H9BrClN3O2/c12-7-1-2-8(6(3-7)4-14)18-11-9(13)10(17)15-5-16-11/h1-3,5H,4,14H2,(H,15,16,17). The van der Waals surface area contributed by atoms with Crippen molar-refractivity contribution in [2.24, 2.45) is 5.73 Å². The Morgan fingerprint density at radius 1 is 1.50 bits per heavy atom. The minimum Gasteiger partial charge on any atom is -0.437 e. The molecule has 0 aliphatic carbocycles. The van der Waals surface area contributed by atoms with E-state index in [4.69, 9.17) is 22.1 Å². The van der Waals surface area contributed by atoms with Crippen LogP contribution in [0.15, 0.2) is 33.8 Å². The van der Waals surface area contributed by atoms with Crippen molar-refractivity contribution in [2.45, 2.75) is 6.54 Å². The van der Waals surface area contributed by atoms with E-state index in [1.54, 1.807) is 12.1 Å². The number of ether oxygens (including phenoxy) is 1. The fraction of sp³-hybridized carbons (Fsp3) is 0.0909. The molecule has 0 saturated heterocycles. The minimum absolute atomic E-state index is 0.0532. The molecule has 18 heavy (non-hydrogen) atoms. The third kappa shape index (κ3) is 2.72. The average molecular weight is 331 g/mol. The van der Waals surface area contributed by atoms with Crippen molar-refractivity contribution >= 4 is 27.5 Å². The van der Waals surface area contributed by atoms with Crippen LogP contribution < -0.4 is 16.0 Å². The van der Waals surface area contributed by atoms with Gasteiger partial charge in [0.1, 0.15) is 5.75 Å². The van der Waals surface area contributed by atoms with Crippen LogP contribution in [-0.4, -0.2) is 9.97 Å². The van der Waals surface area contributed by atoms with Crippen LogP contribution in [0, 0.1) is 0 Å². The highest BCUT2D eigenvalue weighted by Crippen LogP contribution is 2.28. The molecule has 0 fully saturated rings. The van der Waals surface area contributed by atoms with Gasteiger partial charge in [0.05, 0.1) is 6.33 Å². The molecule has 0 bridgehead atoms. The molecule has 1 aromatic heterocycles. The first-order valence-electron chi connectivity index (χ1n) is 5.01. The Balaban J connectivity index is 2.40. The van der Waals surface area contributed by atoms with Gasteiger partial charge in [-0.25, -0.2) is 4.98 Å². The molecule has 1 aromatic carbocycles. The third-order valence-corrected chi connectivity index (χ3v) is 3.04. The SMILES string of the molecule is NCc1cc(Br)ccc1Oc1nc[nH]c(=O)c1Cl. The summed E-state index contributed by atoms with van der Waals surface area (Å²) in [5, 5.41) is -0.0941. The number of hydrogen-bond acceptors (Lipinski definition) is 4. The fourth-order valence-electron chi connectivity index (χ4n) is 1.35. The van der Waals surface area contributed by atoms with Crippen molar-refractivity contribution < 1.29 is 4.74 Å². The molecule has 2 aromatic rings. The summed E-state index contributed by atoms with van der Waals surface area (Å²) in [4.78, 5) is 17.5. The largest absolute Gasteiger partial charge is 0.437 e. The first kappa shape index (κ1) is 13.1. The van der Waals surface area contributed by atoms with Crippen LogP contribution in [0.1, 0.15) is 5.56 Å². The van der Waals surface area contributed by atoms with E-state index in [1.807, 2.05) is 6.07 Å². The van der Waals surface area contributed by atoms with Crippen molar-refractivity contribution in [2.75, 3.05) is 0 Å². The number of hydrogen-bond donors (Lipinski definition) is 2. The van der Waals surface area contributed by atoms with Gasteiger partial charge in [-0.2, -0.15) is 0 Å². The summed E-state index contributed by atoms with van der Waals surface area (Å²) in [6.45, 7) is 0.301. The first-order valence-corrected chi connectivity index (χ1v) is 6.18. The summed E-state index contributed by atoms with van der Waals surface area (Å²) >= 11 is 9.14. The zero-order chi connectivity index (χ0) is 13.1. The number of aromatic nitrogens is 2. The van der Waals surface area contributed by atoms with E-state index in [0.29, 0.717) is 12.3 Å². The van der Waals surface area contributed by atoms with Gasteiger partial charge in [-0.1, -0.05) is 27.5 Å². The number of halogens is 2. The van der Waals surface area contributed by atoms with E-state index in [2.05, 4.69) is 25.9 Å². The summed E-state index contributed by atoms with van der Waals surface area (Å²) in [6, 6.07) is 5.36. The molecule has 0 aliphatic rings. The van der Waals surface area contributed by atoms with E-state index in [-0.39, 0.29) is 10.9 Å². The van der Waals surface area contributed by atoms with Crippen LogP contribution >= 0.6 is 27.5 Å². The number of rotatable bonds is 3. The summed E-state index contributed by atoms with van der Waals surface area (Å²) in [7, 11) is 0. The summed E-state index contributed by atoms with van der Waals surface area (Å²) in [6.07, 6.45) is 1.23. The number of nitrogens with two attached hydrogens (primary N) is 1. The normalized spacial score (nSPS) is 10.4. The van der Waals surface area contributed by atoms with Gasteiger partial charge in [0, 0.05) is 16.6 Å². The molecular weight excluding hydrogens is 321 g/mol. The zero-order valence-electron chi connectivity index (χ0n) is 9.11. The molecule has 94 valence electrons. The third-order valence-electron chi connectivity index (χ3n) is 2.21. The van der Waals surface area contributed by atoms with E-state index in [9.17, 15) is 4.79 Å². The predicted molar refractivity (Wildman–Crippen MR) is 72.0 cm³/mol. The molecule has 0 radical (unpaired) electrons. The lowest BCUT2D eigenvalue weighted by atomic mass is 10.2. The number of nitrogens with zero attached hydrogens (tertiary/aromatic N) is 1. The smallest absolute Gasteiger partial charge is 0.273 e. The molecule has 3 N–H and O–H groups in total. The van der Waals surface area contributed by atoms with E-state index in [1.165, 1.54) is 6.33 Å². The van der Waals surface area contributed by atoms with Crippen LogP contribution in [0.2, 0.25) is 5.02 Å². The predicted octanol–water partition coefficient (Wildman–Crippen LogP) is 2.44. The maximum atomic E-state index is 11.3. The van der Waals surface area contributed by atoms with Crippen molar-refractivity contribution in [1.29, 1.82) is 0 Å². The molecule has 7 heteroatoms. The Bertz CT molecular complexity index is 630. The lowest BCUT2D eigenvalue weighted by molar-refractivity contribution is 0.455. The van der Waals surface area contributed by atoms with E-state index < -0.39 is 5.56 Å². The molecule has 2 rings (SSSR count). The Kier molecular flexibility index (Phi) is 4.00. The topological polar surface area (TPSA) is 81.0 Å². The second kappa shape index (κ2) is 5.51. The lowest BCUT2D eigenvalue weighted by Crippen LogP contribution is -2.08.